The third kappa shape index (κ3) is 4.71. The van der Waals surface area contributed by atoms with Crippen molar-refractivity contribution in [2.24, 2.45) is 0 Å². The normalized spacial score (nSPS) is 21.4. The van der Waals surface area contributed by atoms with Crippen molar-refractivity contribution in [3.05, 3.63) is 41.1 Å². The number of carbonyl (C=O) groups excluding carboxylic acids is 2. The van der Waals surface area contributed by atoms with Crippen LogP contribution in [0.2, 0.25) is 0 Å². The van der Waals surface area contributed by atoms with Gasteiger partial charge in [0.2, 0.25) is 5.91 Å². The van der Waals surface area contributed by atoms with Gasteiger partial charge in [-0.3, -0.25) is 4.79 Å². The van der Waals surface area contributed by atoms with Gasteiger partial charge in [0.25, 0.3) is 0 Å². The average Bonchev–Trinajstić information content (AvgIpc) is 2.90. The fourth-order valence-electron chi connectivity index (χ4n) is 4.07. The highest BCUT2D eigenvalue weighted by molar-refractivity contribution is 5.96. The molecule has 1 aromatic rings. The van der Waals surface area contributed by atoms with Gasteiger partial charge in [-0.2, -0.15) is 0 Å². The van der Waals surface area contributed by atoms with E-state index in [9.17, 15) is 9.59 Å². The highest BCUT2D eigenvalue weighted by Gasteiger charge is 2.35. The third-order valence-corrected chi connectivity index (χ3v) is 5.36. The summed E-state index contributed by atoms with van der Waals surface area (Å²) in [6.45, 7) is 4.23. The lowest BCUT2D eigenvalue weighted by molar-refractivity contribution is -0.145. The quantitative estimate of drug-likeness (QED) is 0.621. The van der Waals surface area contributed by atoms with Gasteiger partial charge in [0.05, 0.1) is 12.2 Å². The van der Waals surface area contributed by atoms with Crippen LogP contribution in [0.3, 0.4) is 0 Å². The van der Waals surface area contributed by atoms with Crippen LogP contribution in [0, 0.1) is 0 Å². The smallest absolute Gasteiger partial charge is 0.336 e. The number of nitrogens with one attached hydrogen (secondary N) is 1. The minimum absolute atomic E-state index is 0.0271. The molecule has 2 aliphatic rings. The molecule has 1 saturated carbocycles. The summed E-state index contributed by atoms with van der Waals surface area (Å²) in [6, 6.07) is 7.63. The van der Waals surface area contributed by atoms with E-state index in [0.717, 1.165) is 31.2 Å². The highest BCUT2D eigenvalue weighted by Crippen LogP contribution is 2.38. The van der Waals surface area contributed by atoms with Crippen LogP contribution < -0.4 is 10.1 Å². The topological polar surface area (TPSA) is 64.6 Å². The number of allylic oxidation sites excluding steroid dienone is 1. The second kappa shape index (κ2) is 9.07. The molecule has 1 aliphatic heterocycles. The molecule has 5 nitrogen and oxygen atoms in total. The Bertz CT molecular complexity index is 717. The number of rotatable bonds is 5. The molecule has 1 aromatic carbocycles. The van der Waals surface area contributed by atoms with Crippen molar-refractivity contribution in [3.63, 3.8) is 0 Å². The summed E-state index contributed by atoms with van der Waals surface area (Å²) in [6.07, 6.45) is 6.64. The second-order valence-electron chi connectivity index (χ2n) is 7.33. The first-order valence-electron chi connectivity index (χ1n) is 10.0. The molecule has 3 rings (SSSR count). The van der Waals surface area contributed by atoms with E-state index in [4.69, 9.17) is 9.47 Å². The monoisotopic (exact) mass is 371 g/mol. The Morgan fingerprint density at radius 2 is 1.85 bits per heavy atom. The highest BCUT2D eigenvalue weighted by atomic mass is 16.5. The molecule has 1 amide bonds. The molecule has 1 fully saturated rings. The molecular formula is C22H29NO4. The molecule has 146 valence electrons. The minimum atomic E-state index is -0.347. The minimum Gasteiger partial charge on any atom is -0.494 e. The summed E-state index contributed by atoms with van der Waals surface area (Å²) in [5.41, 5.74) is 1.99. The van der Waals surface area contributed by atoms with E-state index in [-0.39, 0.29) is 30.3 Å². The number of carbonyl (C=O) groups is 2. The number of ether oxygens (including phenoxy) is 2. The van der Waals surface area contributed by atoms with Crippen LogP contribution in [0.4, 0.5) is 0 Å². The third-order valence-electron chi connectivity index (χ3n) is 5.36. The molecule has 0 unspecified atom stereocenters. The Labute approximate surface area is 161 Å². The van der Waals surface area contributed by atoms with Crippen molar-refractivity contribution in [3.8, 4) is 5.75 Å². The van der Waals surface area contributed by atoms with Crippen molar-refractivity contribution in [1.82, 2.24) is 5.32 Å². The van der Waals surface area contributed by atoms with Gasteiger partial charge in [-0.25, -0.2) is 4.79 Å². The standard InChI is InChI=1S/C22H29NO4/c1-3-26-19-13-9-8-12-17(19)18-14-20(24)23-15(2)21(18)22(25)27-16-10-6-4-5-7-11-16/h8-9,12-13,16,18H,3-7,10-11,14H2,1-2H3,(H,23,24)/t18-/m1/s1. The maximum absolute atomic E-state index is 13.1. The Balaban J connectivity index is 1.89. The van der Waals surface area contributed by atoms with Crippen LogP contribution in [0.5, 0.6) is 5.75 Å². The number of hydrogen-bond acceptors (Lipinski definition) is 4. The predicted molar refractivity (Wildman–Crippen MR) is 103 cm³/mol. The van der Waals surface area contributed by atoms with Crippen molar-refractivity contribution in [2.45, 2.75) is 70.8 Å². The Hall–Kier alpha value is -2.30. The van der Waals surface area contributed by atoms with Gasteiger partial charge in [-0.15, -0.1) is 0 Å². The summed E-state index contributed by atoms with van der Waals surface area (Å²) in [7, 11) is 0. The Morgan fingerprint density at radius 1 is 1.15 bits per heavy atom. The summed E-state index contributed by atoms with van der Waals surface area (Å²) >= 11 is 0. The lowest BCUT2D eigenvalue weighted by Gasteiger charge is -2.29. The van der Waals surface area contributed by atoms with Crippen LogP contribution in [0.25, 0.3) is 0 Å². The van der Waals surface area contributed by atoms with Crippen molar-refractivity contribution >= 4 is 11.9 Å². The van der Waals surface area contributed by atoms with Crippen LogP contribution in [-0.2, 0) is 14.3 Å². The first-order chi connectivity index (χ1) is 13.1. The van der Waals surface area contributed by atoms with E-state index in [1.54, 1.807) is 6.92 Å². The zero-order valence-electron chi connectivity index (χ0n) is 16.3. The maximum atomic E-state index is 13.1. The molecule has 0 radical (unpaired) electrons. The lowest BCUT2D eigenvalue weighted by atomic mass is 9.84. The maximum Gasteiger partial charge on any atom is 0.336 e. The Kier molecular flexibility index (Phi) is 6.54. The SMILES string of the molecule is CCOc1ccccc1[C@H]1CC(=O)NC(C)=C1C(=O)OC1CCCCCC1. The van der Waals surface area contributed by atoms with Crippen molar-refractivity contribution in [1.29, 1.82) is 0 Å². The molecule has 0 bridgehead atoms. The summed E-state index contributed by atoms with van der Waals surface area (Å²) in [5, 5.41) is 2.81. The number of benzene rings is 1. The molecule has 1 heterocycles. The van der Waals surface area contributed by atoms with Crippen LogP contribution in [0.1, 0.15) is 70.3 Å². The molecule has 1 aliphatic carbocycles. The van der Waals surface area contributed by atoms with Crippen molar-refractivity contribution in [2.75, 3.05) is 6.61 Å². The van der Waals surface area contributed by atoms with E-state index in [2.05, 4.69) is 5.32 Å². The van der Waals surface area contributed by atoms with Gasteiger partial charge in [0.15, 0.2) is 0 Å². The average molecular weight is 371 g/mol. The largest absolute Gasteiger partial charge is 0.494 e. The van der Waals surface area contributed by atoms with Gasteiger partial charge in [-0.05, 0) is 45.6 Å². The van der Waals surface area contributed by atoms with Gasteiger partial charge in [0, 0.05) is 23.6 Å². The van der Waals surface area contributed by atoms with E-state index >= 15 is 0 Å². The van der Waals surface area contributed by atoms with Crippen LogP contribution >= 0.6 is 0 Å². The van der Waals surface area contributed by atoms with Gasteiger partial charge < -0.3 is 14.8 Å². The molecule has 5 heteroatoms. The number of para-hydroxylation sites is 1. The first-order valence-corrected chi connectivity index (χ1v) is 10.0. The molecule has 0 saturated heterocycles. The fraction of sp³-hybridized carbons (Fsp3) is 0.545. The molecule has 27 heavy (non-hydrogen) atoms. The fourth-order valence-corrected chi connectivity index (χ4v) is 4.07. The number of hydrogen-bond donors (Lipinski definition) is 1. The Morgan fingerprint density at radius 3 is 2.56 bits per heavy atom. The first kappa shape index (κ1) is 19.5. The van der Waals surface area contributed by atoms with Crippen LogP contribution in [-0.4, -0.2) is 24.6 Å². The van der Waals surface area contributed by atoms with Gasteiger partial charge in [-0.1, -0.05) is 31.0 Å². The predicted octanol–water partition coefficient (Wildman–Crippen LogP) is 4.23. The summed E-state index contributed by atoms with van der Waals surface area (Å²) in [5.74, 6) is -0.0300. The zero-order valence-corrected chi connectivity index (χ0v) is 16.3. The molecule has 1 atom stereocenters. The van der Waals surface area contributed by atoms with Crippen molar-refractivity contribution < 1.29 is 19.1 Å². The van der Waals surface area contributed by atoms with E-state index < -0.39 is 0 Å². The lowest BCUT2D eigenvalue weighted by Crippen LogP contribution is -2.35. The second-order valence-corrected chi connectivity index (χ2v) is 7.33. The van der Waals surface area contributed by atoms with E-state index in [1.165, 1.54) is 12.8 Å². The molecule has 0 aromatic heterocycles. The van der Waals surface area contributed by atoms with Gasteiger partial charge in [0.1, 0.15) is 11.9 Å². The number of amides is 1. The van der Waals surface area contributed by atoms with E-state index in [1.807, 2.05) is 31.2 Å². The van der Waals surface area contributed by atoms with E-state index in [0.29, 0.717) is 23.6 Å². The molecule has 1 N–H and O–H groups in total. The van der Waals surface area contributed by atoms with Gasteiger partial charge >= 0.3 is 5.97 Å². The number of esters is 1. The summed E-state index contributed by atoms with van der Waals surface area (Å²) < 4.78 is 11.6. The van der Waals surface area contributed by atoms with Crippen LogP contribution in [0.15, 0.2) is 35.5 Å². The molecule has 0 spiro atoms. The zero-order chi connectivity index (χ0) is 19.2. The summed E-state index contributed by atoms with van der Waals surface area (Å²) in [4.78, 5) is 25.3. The molecular weight excluding hydrogens is 342 g/mol.